The van der Waals surface area contributed by atoms with E-state index < -0.39 is 10.9 Å². The first-order valence-electron chi connectivity index (χ1n) is 8.32. The minimum absolute atomic E-state index is 0.0317. The van der Waals surface area contributed by atoms with E-state index in [9.17, 15) is 19.7 Å². The molecule has 1 saturated heterocycles. The number of carboxylic acid groups (broad SMARTS) is 1. The largest absolute Gasteiger partial charge is 0.481 e. The maximum atomic E-state index is 12.5. The lowest BCUT2D eigenvalue weighted by atomic mass is 9.93. The summed E-state index contributed by atoms with van der Waals surface area (Å²) >= 11 is 0. The van der Waals surface area contributed by atoms with Gasteiger partial charge in [0, 0.05) is 32.6 Å². The summed E-state index contributed by atoms with van der Waals surface area (Å²) in [5.41, 5.74) is 0.371. The normalized spacial score (nSPS) is 17.2. The van der Waals surface area contributed by atoms with Crippen LogP contribution in [0, 0.1) is 16.0 Å². The lowest BCUT2D eigenvalue weighted by molar-refractivity contribution is -0.384. The van der Waals surface area contributed by atoms with Crippen molar-refractivity contribution in [3.63, 3.8) is 0 Å². The molecule has 1 aromatic carbocycles. The van der Waals surface area contributed by atoms with Crippen molar-refractivity contribution in [1.29, 1.82) is 0 Å². The zero-order valence-electron chi connectivity index (χ0n) is 14.3. The molecule has 1 N–H and O–H groups in total. The molecule has 0 aromatic heterocycles. The van der Waals surface area contributed by atoms with Gasteiger partial charge in [0.15, 0.2) is 0 Å². The molecule has 1 amide bonds. The topological polar surface area (TPSA) is 104 Å². The van der Waals surface area contributed by atoms with Gasteiger partial charge in [-0.05, 0) is 31.2 Å². The van der Waals surface area contributed by atoms with Gasteiger partial charge in [0.25, 0.3) is 5.69 Å². The number of para-hydroxylation sites is 2. The standard InChI is InChI=1S/C17H23N3O5/c1-18(14-6-2-3-7-15(14)20(24)25)12-16(21)19-10-4-5-13(11-19)8-9-17(22)23/h2-3,6-7,13H,4-5,8-12H2,1H3,(H,22,23). The third kappa shape index (κ3) is 5.17. The van der Waals surface area contributed by atoms with Gasteiger partial charge in [-0.2, -0.15) is 0 Å². The fraction of sp³-hybridized carbons (Fsp3) is 0.529. The van der Waals surface area contributed by atoms with Crippen molar-refractivity contribution < 1.29 is 19.6 Å². The molecule has 0 saturated carbocycles. The number of rotatable bonds is 7. The Hall–Kier alpha value is -2.64. The number of nitrogens with zero attached hydrogens (tertiary/aromatic N) is 3. The van der Waals surface area contributed by atoms with Crippen LogP contribution < -0.4 is 4.90 Å². The molecule has 1 aromatic rings. The van der Waals surface area contributed by atoms with Crippen LogP contribution in [0.25, 0.3) is 0 Å². The smallest absolute Gasteiger partial charge is 0.303 e. The summed E-state index contributed by atoms with van der Waals surface area (Å²) in [6.07, 6.45) is 2.46. The van der Waals surface area contributed by atoms with Crippen LogP contribution in [0.3, 0.4) is 0 Å². The molecule has 136 valence electrons. The summed E-state index contributed by atoms with van der Waals surface area (Å²) < 4.78 is 0. The van der Waals surface area contributed by atoms with Crippen molar-refractivity contribution >= 4 is 23.3 Å². The number of likely N-dealkylation sites (tertiary alicyclic amines) is 1. The molecule has 8 nitrogen and oxygen atoms in total. The second kappa shape index (κ2) is 8.46. The predicted molar refractivity (Wildman–Crippen MR) is 92.5 cm³/mol. The third-order valence-electron chi connectivity index (χ3n) is 4.50. The summed E-state index contributed by atoms with van der Waals surface area (Å²) in [5.74, 6) is -0.717. The van der Waals surface area contributed by atoms with E-state index in [0.717, 1.165) is 12.8 Å². The van der Waals surface area contributed by atoms with Crippen LogP contribution >= 0.6 is 0 Å². The fourth-order valence-corrected chi connectivity index (χ4v) is 3.18. The summed E-state index contributed by atoms with van der Waals surface area (Å²) in [5, 5.41) is 19.9. The first kappa shape index (κ1) is 18.7. The van der Waals surface area contributed by atoms with Crippen molar-refractivity contribution in [2.75, 3.05) is 31.6 Å². The van der Waals surface area contributed by atoms with Gasteiger partial charge < -0.3 is 14.9 Å². The van der Waals surface area contributed by atoms with Crippen LogP contribution in [0.5, 0.6) is 0 Å². The molecule has 1 aliphatic heterocycles. The Balaban J connectivity index is 1.97. The number of likely N-dealkylation sites (N-methyl/N-ethyl adjacent to an activating group) is 1. The molecule has 8 heteroatoms. The maximum Gasteiger partial charge on any atom is 0.303 e. The summed E-state index contributed by atoms with van der Waals surface area (Å²) in [4.78, 5) is 37.2. The van der Waals surface area contributed by atoms with E-state index in [-0.39, 0.29) is 30.5 Å². The van der Waals surface area contributed by atoms with Gasteiger partial charge in [0.2, 0.25) is 5.91 Å². The van der Waals surface area contributed by atoms with Crippen molar-refractivity contribution in [3.8, 4) is 0 Å². The summed E-state index contributed by atoms with van der Waals surface area (Å²) in [7, 11) is 1.66. The number of piperidine rings is 1. The molecule has 1 aliphatic rings. The number of amides is 1. The average Bonchev–Trinajstić information content (AvgIpc) is 2.60. The van der Waals surface area contributed by atoms with Crippen LogP contribution in [0.1, 0.15) is 25.7 Å². The minimum atomic E-state index is -0.820. The third-order valence-corrected chi connectivity index (χ3v) is 4.50. The van der Waals surface area contributed by atoms with Crippen LogP contribution in [0.4, 0.5) is 11.4 Å². The second-order valence-electron chi connectivity index (χ2n) is 6.38. The minimum Gasteiger partial charge on any atom is -0.481 e. The van der Waals surface area contributed by atoms with Crippen LogP contribution in [-0.4, -0.2) is 53.5 Å². The zero-order chi connectivity index (χ0) is 18.4. The molecular formula is C17H23N3O5. The molecular weight excluding hydrogens is 326 g/mol. The monoisotopic (exact) mass is 349 g/mol. The molecule has 25 heavy (non-hydrogen) atoms. The highest BCUT2D eigenvalue weighted by Gasteiger charge is 2.26. The van der Waals surface area contributed by atoms with Gasteiger partial charge in [0.05, 0.1) is 11.5 Å². The van der Waals surface area contributed by atoms with Crippen LogP contribution in [-0.2, 0) is 9.59 Å². The zero-order valence-corrected chi connectivity index (χ0v) is 14.3. The number of benzene rings is 1. The summed E-state index contributed by atoms with van der Waals surface area (Å²) in [6.45, 7) is 1.25. The Morgan fingerprint density at radius 2 is 2.12 bits per heavy atom. The highest BCUT2D eigenvalue weighted by atomic mass is 16.6. The van der Waals surface area contributed by atoms with E-state index in [2.05, 4.69) is 0 Å². The number of hydrogen-bond donors (Lipinski definition) is 1. The first-order chi connectivity index (χ1) is 11.9. The number of carbonyl (C=O) groups is 2. The highest BCUT2D eigenvalue weighted by Crippen LogP contribution is 2.27. The van der Waals surface area contributed by atoms with Gasteiger partial charge >= 0.3 is 5.97 Å². The van der Waals surface area contributed by atoms with Gasteiger partial charge in [0.1, 0.15) is 5.69 Å². The Kier molecular flexibility index (Phi) is 6.32. The number of carboxylic acids is 1. The number of anilines is 1. The fourth-order valence-electron chi connectivity index (χ4n) is 3.18. The number of carbonyl (C=O) groups excluding carboxylic acids is 1. The molecule has 1 unspecified atom stereocenters. The van der Waals surface area contributed by atoms with E-state index in [1.165, 1.54) is 6.07 Å². The quantitative estimate of drug-likeness (QED) is 0.597. The second-order valence-corrected chi connectivity index (χ2v) is 6.38. The molecule has 0 radical (unpaired) electrons. The van der Waals surface area contributed by atoms with E-state index in [1.54, 1.807) is 35.0 Å². The van der Waals surface area contributed by atoms with Gasteiger partial charge in [-0.3, -0.25) is 19.7 Å². The highest BCUT2D eigenvalue weighted by molar-refractivity contribution is 5.82. The van der Waals surface area contributed by atoms with E-state index in [4.69, 9.17) is 5.11 Å². The van der Waals surface area contributed by atoms with E-state index in [0.29, 0.717) is 25.2 Å². The van der Waals surface area contributed by atoms with E-state index in [1.807, 2.05) is 0 Å². The first-order valence-corrected chi connectivity index (χ1v) is 8.32. The van der Waals surface area contributed by atoms with Crippen molar-refractivity contribution in [1.82, 2.24) is 4.90 Å². The maximum absolute atomic E-state index is 12.5. The summed E-state index contributed by atoms with van der Waals surface area (Å²) in [6, 6.07) is 6.33. The molecule has 2 rings (SSSR count). The number of nitro benzene ring substituents is 1. The SMILES string of the molecule is CN(CC(=O)N1CCCC(CCC(=O)O)C1)c1ccccc1[N+](=O)[O-]. The number of aliphatic carboxylic acids is 1. The Labute approximate surface area is 146 Å². The van der Waals surface area contributed by atoms with Gasteiger partial charge in [-0.1, -0.05) is 12.1 Å². The van der Waals surface area contributed by atoms with Crippen molar-refractivity contribution in [2.24, 2.45) is 5.92 Å². The number of hydrogen-bond acceptors (Lipinski definition) is 5. The molecule has 0 bridgehead atoms. The molecule has 0 aliphatic carbocycles. The van der Waals surface area contributed by atoms with E-state index >= 15 is 0 Å². The Bertz CT molecular complexity index is 649. The van der Waals surface area contributed by atoms with Crippen molar-refractivity contribution in [2.45, 2.75) is 25.7 Å². The predicted octanol–water partition coefficient (Wildman–Crippen LogP) is 2.13. The van der Waals surface area contributed by atoms with Gasteiger partial charge in [-0.15, -0.1) is 0 Å². The molecule has 1 heterocycles. The Morgan fingerprint density at radius 3 is 2.80 bits per heavy atom. The number of nitro groups is 1. The average molecular weight is 349 g/mol. The molecule has 0 spiro atoms. The van der Waals surface area contributed by atoms with Crippen LogP contribution in [0.15, 0.2) is 24.3 Å². The lowest BCUT2D eigenvalue weighted by Gasteiger charge is -2.34. The van der Waals surface area contributed by atoms with Crippen LogP contribution in [0.2, 0.25) is 0 Å². The molecule has 1 fully saturated rings. The lowest BCUT2D eigenvalue weighted by Crippen LogP contribution is -2.44. The molecule has 1 atom stereocenters. The van der Waals surface area contributed by atoms with Gasteiger partial charge in [-0.25, -0.2) is 0 Å². The Morgan fingerprint density at radius 1 is 1.40 bits per heavy atom. The van der Waals surface area contributed by atoms with Crippen molar-refractivity contribution in [3.05, 3.63) is 34.4 Å².